The lowest BCUT2D eigenvalue weighted by molar-refractivity contribution is 0.628. The molecule has 0 aliphatic carbocycles. The van der Waals surface area contributed by atoms with Crippen LogP contribution in [0.4, 0.5) is 10.1 Å². The van der Waals surface area contributed by atoms with E-state index in [0.29, 0.717) is 6.54 Å². The molecular weight excluding hydrogens is 295 g/mol. The third-order valence-electron chi connectivity index (χ3n) is 3.48. The number of aryl methyl sites for hydroxylation is 1. The summed E-state index contributed by atoms with van der Waals surface area (Å²) in [5, 5.41) is 6.32. The summed E-state index contributed by atoms with van der Waals surface area (Å²) in [6.45, 7) is 2.83. The van der Waals surface area contributed by atoms with Crippen LogP contribution in [0.5, 0.6) is 0 Å². The first-order valence-electron chi connectivity index (χ1n) is 7.28. The van der Waals surface area contributed by atoms with Crippen molar-refractivity contribution in [3.8, 4) is 10.6 Å². The van der Waals surface area contributed by atoms with Crippen LogP contribution in [0.15, 0.2) is 53.9 Å². The lowest BCUT2D eigenvalue weighted by Crippen LogP contribution is -1.99. The van der Waals surface area contributed by atoms with Gasteiger partial charge in [-0.1, -0.05) is 19.1 Å². The summed E-state index contributed by atoms with van der Waals surface area (Å²) < 4.78 is 12.9. The number of anilines is 1. The summed E-state index contributed by atoms with van der Waals surface area (Å²) in [5.74, 6) is -0.224. The molecule has 1 heterocycles. The fraction of sp³-hybridized carbons (Fsp3) is 0.167. The maximum absolute atomic E-state index is 12.9. The minimum atomic E-state index is -0.224. The van der Waals surface area contributed by atoms with Crippen LogP contribution in [-0.4, -0.2) is 4.98 Å². The lowest BCUT2D eigenvalue weighted by atomic mass is 10.1. The van der Waals surface area contributed by atoms with E-state index in [1.807, 2.05) is 5.38 Å². The molecule has 0 amide bonds. The first-order valence-corrected chi connectivity index (χ1v) is 8.15. The van der Waals surface area contributed by atoms with E-state index in [2.05, 4.69) is 41.5 Å². The maximum Gasteiger partial charge on any atom is 0.123 e. The molecule has 0 aliphatic rings. The molecule has 0 atom stereocenters. The normalized spacial score (nSPS) is 10.6. The van der Waals surface area contributed by atoms with Crippen LogP contribution in [0.1, 0.15) is 18.2 Å². The van der Waals surface area contributed by atoms with Crippen LogP contribution in [0.3, 0.4) is 0 Å². The number of benzene rings is 2. The van der Waals surface area contributed by atoms with Gasteiger partial charge in [0, 0.05) is 16.6 Å². The second-order valence-electron chi connectivity index (χ2n) is 5.05. The highest BCUT2D eigenvalue weighted by molar-refractivity contribution is 7.13. The zero-order valence-corrected chi connectivity index (χ0v) is 13.2. The summed E-state index contributed by atoms with van der Waals surface area (Å²) in [4.78, 5) is 4.59. The van der Waals surface area contributed by atoms with Gasteiger partial charge in [-0.25, -0.2) is 9.37 Å². The number of aromatic nitrogens is 1. The van der Waals surface area contributed by atoms with Crippen molar-refractivity contribution in [2.75, 3.05) is 5.32 Å². The van der Waals surface area contributed by atoms with Gasteiger partial charge in [0.25, 0.3) is 0 Å². The second kappa shape index (κ2) is 6.71. The van der Waals surface area contributed by atoms with Gasteiger partial charge in [-0.15, -0.1) is 11.3 Å². The Morgan fingerprint density at radius 1 is 1.05 bits per heavy atom. The molecule has 0 fully saturated rings. The number of thiazole rings is 1. The fourth-order valence-electron chi connectivity index (χ4n) is 2.16. The van der Waals surface area contributed by atoms with Crippen molar-refractivity contribution in [3.63, 3.8) is 0 Å². The van der Waals surface area contributed by atoms with E-state index in [1.54, 1.807) is 23.5 Å². The molecule has 0 radical (unpaired) electrons. The van der Waals surface area contributed by atoms with E-state index in [1.165, 1.54) is 17.7 Å². The van der Waals surface area contributed by atoms with E-state index in [4.69, 9.17) is 0 Å². The topological polar surface area (TPSA) is 24.9 Å². The van der Waals surface area contributed by atoms with Crippen molar-refractivity contribution in [1.29, 1.82) is 0 Å². The van der Waals surface area contributed by atoms with Crippen molar-refractivity contribution in [1.82, 2.24) is 4.98 Å². The standard InChI is InChI=1S/C18H17FN2S/c1-2-13-3-9-16(10-4-13)20-11-17-12-22-18(21-17)14-5-7-15(19)8-6-14/h3-10,12,20H,2,11H2,1H3. The SMILES string of the molecule is CCc1ccc(NCc2csc(-c3ccc(F)cc3)n2)cc1. The number of halogens is 1. The molecule has 0 unspecified atom stereocenters. The highest BCUT2D eigenvalue weighted by atomic mass is 32.1. The van der Waals surface area contributed by atoms with Crippen molar-refractivity contribution >= 4 is 17.0 Å². The van der Waals surface area contributed by atoms with Crippen LogP contribution in [0.2, 0.25) is 0 Å². The zero-order chi connectivity index (χ0) is 15.4. The average molecular weight is 312 g/mol. The molecule has 0 saturated carbocycles. The van der Waals surface area contributed by atoms with E-state index in [0.717, 1.165) is 28.4 Å². The minimum absolute atomic E-state index is 0.224. The molecular formula is C18H17FN2S. The Morgan fingerprint density at radius 2 is 1.77 bits per heavy atom. The Balaban J connectivity index is 1.65. The Labute approximate surface area is 133 Å². The Hall–Kier alpha value is -2.20. The molecule has 3 rings (SSSR count). The van der Waals surface area contributed by atoms with Gasteiger partial charge in [0.15, 0.2) is 0 Å². The summed E-state index contributed by atoms with van der Waals surface area (Å²) in [6, 6.07) is 14.9. The average Bonchev–Trinajstić information content (AvgIpc) is 3.03. The third-order valence-corrected chi connectivity index (χ3v) is 4.42. The van der Waals surface area contributed by atoms with Gasteiger partial charge in [-0.3, -0.25) is 0 Å². The van der Waals surface area contributed by atoms with E-state index in [9.17, 15) is 4.39 Å². The van der Waals surface area contributed by atoms with Gasteiger partial charge < -0.3 is 5.32 Å². The lowest BCUT2D eigenvalue weighted by Gasteiger charge is -2.05. The predicted octanol–water partition coefficient (Wildman–Crippen LogP) is 5.12. The van der Waals surface area contributed by atoms with Crippen molar-refractivity contribution in [3.05, 3.63) is 71.0 Å². The van der Waals surface area contributed by atoms with E-state index >= 15 is 0 Å². The van der Waals surface area contributed by atoms with Gasteiger partial charge in [-0.2, -0.15) is 0 Å². The van der Waals surface area contributed by atoms with Gasteiger partial charge in [0.2, 0.25) is 0 Å². The third kappa shape index (κ3) is 3.52. The molecule has 0 aliphatic heterocycles. The van der Waals surface area contributed by atoms with Crippen molar-refractivity contribution in [2.24, 2.45) is 0 Å². The molecule has 0 saturated heterocycles. The van der Waals surface area contributed by atoms with Gasteiger partial charge >= 0.3 is 0 Å². The molecule has 2 aromatic carbocycles. The van der Waals surface area contributed by atoms with Crippen LogP contribution >= 0.6 is 11.3 Å². The van der Waals surface area contributed by atoms with Crippen LogP contribution in [0.25, 0.3) is 10.6 Å². The second-order valence-corrected chi connectivity index (χ2v) is 5.91. The van der Waals surface area contributed by atoms with Crippen molar-refractivity contribution < 1.29 is 4.39 Å². The summed E-state index contributed by atoms with van der Waals surface area (Å²) >= 11 is 1.58. The molecule has 0 spiro atoms. The molecule has 3 aromatic rings. The highest BCUT2D eigenvalue weighted by Crippen LogP contribution is 2.24. The smallest absolute Gasteiger partial charge is 0.123 e. The van der Waals surface area contributed by atoms with Crippen LogP contribution in [0, 0.1) is 5.82 Å². The van der Waals surface area contributed by atoms with E-state index < -0.39 is 0 Å². The minimum Gasteiger partial charge on any atom is -0.379 e. The monoisotopic (exact) mass is 312 g/mol. The Bertz CT molecular complexity index is 733. The molecule has 112 valence electrons. The molecule has 22 heavy (non-hydrogen) atoms. The maximum atomic E-state index is 12.9. The first kappa shape index (κ1) is 14.7. The summed E-state index contributed by atoms with van der Waals surface area (Å²) in [6.07, 6.45) is 1.05. The Morgan fingerprint density at radius 3 is 2.45 bits per heavy atom. The zero-order valence-electron chi connectivity index (χ0n) is 12.3. The number of hydrogen-bond donors (Lipinski definition) is 1. The molecule has 4 heteroatoms. The quantitative estimate of drug-likeness (QED) is 0.707. The number of rotatable bonds is 5. The van der Waals surface area contributed by atoms with Crippen molar-refractivity contribution in [2.45, 2.75) is 19.9 Å². The Kier molecular flexibility index (Phi) is 4.49. The molecule has 1 N–H and O–H groups in total. The van der Waals surface area contributed by atoms with Crippen LogP contribution < -0.4 is 5.32 Å². The van der Waals surface area contributed by atoms with Gasteiger partial charge in [0.05, 0.1) is 12.2 Å². The van der Waals surface area contributed by atoms with Gasteiger partial charge in [-0.05, 0) is 48.4 Å². The predicted molar refractivity (Wildman–Crippen MR) is 90.7 cm³/mol. The fourth-order valence-corrected chi connectivity index (χ4v) is 2.99. The van der Waals surface area contributed by atoms with Gasteiger partial charge in [0.1, 0.15) is 10.8 Å². The summed E-state index contributed by atoms with van der Waals surface area (Å²) in [7, 11) is 0. The highest BCUT2D eigenvalue weighted by Gasteiger charge is 2.05. The number of nitrogens with one attached hydrogen (secondary N) is 1. The number of nitrogens with zero attached hydrogens (tertiary/aromatic N) is 1. The molecule has 1 aromatic heterocycles. The summed E-state index contributed by atoms with van der Waals surface area (Å²) in [5.41, 5.74) is 4.36. The van der Waals surface area contributed by atoms with Crippen LogP contribution in [-0.2, 0) is 13.0 Å². The first-order chi connectivity index (χ1) is 10.7. The van der Waals surface area contributed by atoms with E-state index in [-0.39, 0.29) is 5.82 Å². The largest absolute Gasteiger partial charge is 0.379 e. The molecule has 0 bridgehead atoms. The number of hydrogen-bond acceptors (Lipinski definition) is 3. The molecule has 2 nitrogen and oxygen atoms in total.